The lowest BCUT2D eigenvalue weighted by Gasteiger charge is -2.13. The topological polar surface area (TPSA) is 108 Å². The van der Waals surface area contributed by atoms with E-state index in [0.29, 0.717) is 16.7 Å². The number of hydrogen-bond acceptors (Lipinski definition) is 6. The van der Waals surface area contributed by atoms with E-state index in [0.717, 1.165) is 5.69 Å². The molecule has 0 aromatic heterocycles. The Kier molecular flexibility index (Phi) is 8.78. The Morgan fingerprint density at radius 3 is 2.23 bits per heavy atom. The number of hydrogen-bond donors (Lipinski definition) is 3. The van der Waals surface area contributed by atoms with Gasteiger partial charge in [-0.25, -0.2) is 0 Å². The van der Waals surface area contributed by atoms with Crippen molar-refractivity contribution in [1.82, 2.24) is 10.6 Å². The van der Waals surface area contributed by atoms with E-state index in [4.69, 9.17) is 9.84 Å². The molecular formula is C23H27N3O5. The molecule has 0 heterocycles. The van der Waals surface area contributed by atoms with E-state index < -0.39 is 17.8 Å². The molecule has 3 N–H and O–H groups in total. The van der Waals surface area contributed by atoms with Crippen LogP contribution in [-0.2, 0) is 20.9 Å². The summed E-state index contributed by atoms with van der Waals surface area (Å²) < 4.78 is 4.81. The van der Waals surface area contributed by atoms with E-state index in [9.17, 15) is 14.4 Å². The monoisotopic (exact) mass is 425 g/mol. The number of ether oxygens (including phenoxy) is 1. The number of anilines is 1. The Morgan fingerprint density at radius 1 is 1.03 bits per heavy atom. The van der Waals surface area contributed by atoms with Crippen molar-refractivity contribution >= 4 is 29.5 Å². The number of aliphatic hydroxyl groups is 1. The maximum Gasteiger partial charge on any atom is 0.325 e. The lowest BCUT2D eigenvalue weighted by molar-refractivity contribution is -0.143. The predicted molar refractivity (Wildman–Crippen MR) is 118 cm³/mol. The van der Waals surface area contributed by atoms with Gasteiger partial charge in [0.1, 0.15) is 12.2 Å². The van der Waals surface area contributed by atoms with E-state index in [-0.39, 0.29) is 25.5 Å². The van der Waals surface area contributed by atoms with Crippen LogP contribution in [0.3, 0.4) is 0 Å². The lowest BCUT2D eigenvalue weighted by atomic mass is 10.1. The standard InChI is InChI=1S/C23H27N3O5/c1-4-31-21(28)14-24-23(30)20(13-16-7-11-19(12-8-16)26(2)3)25-22(29)18-9-5-17(15-27)6-10-18/h5-13,27H,4,14-15H2,1-3H3,(H,24,30)(H,25,29)/b20-13-. The largest absolute Gasteiger partial charge is 0.465 e. The molecule has 2 aromatic rings. The third-order valence-electron chi connectivity index (χ3n) is 4.31. The summed E-state index contributed by atoms with van der Waals surface area (Å²) in [5.74, 6) is -1.69. The highest BCUT2D eigenvalue weighted by molar-refractivity contribution is 6.05. The molecule has 0 spiro atoms. The summed E-state index contributed by atoms with van der Waals surface area (Å²) in [5.41, 5.74) is 2.66. The zero-order valence-electron chi connectivity index (χ0n) is 17.8. The summed E-state index contributed by atoms with van der Waals surface area (Å²) in [7, 11) is 3.84. The Morgan fingerprint density at radius 2 is 1.68 bits per heavy atom. The minimum atomic E-state index is -0.620. The van der Waals surface area contributed by atoms with E-state index in [1.807, 2.05) is 43.3 Å². The number of nitrogens with zero attached hydrogens (tertiary/aromatic N) is 1. The molecule has 0 radical (unpaired) electrons. The van der Waals surface area contributed by atoms with Gasteiger partial charge < -0.3 is 25.4 Å². The molecule has 0 bridgehead atoms. The summed E-state index contributed by atoms with van der Waals surface area (Å²) in [4.78, 5) is 38.8. The van der Waals surface area contributed by atoms with Gasteiger partial charge in [-0.1, -0.05) is 24.3 Å². The molecule has 0 saturated heterocycles. The first-order valence-corrected chi connectivity index (χ1v) is 9.78. The third kappa shape index (κ3) is 7.27. The second-order valence-electron chi connectivity index (χ2n) is 6.84. The molecule has 0 unspecified atom stereocenters. The normalized spacial score (nSPS) is 10.9. The van der Waals surface area contributed by atoms with Crippen molar-refractivity contribution in [3.8, 4) is 0 Å². The lowest BCUT2D eigenvalue weighted by Crippen LogP contribution is -2.37. The smallest absolute Gasteiger partial charge is 0.325 e. The first-order valence-electron chi connectivity index (χ1n) is 9.78. The average molecular weight is 425 g/mol. The first-order chi connectivity index (χ1) is 14.8. The van der Waals surface area contributed by atoms with Gasteiger partial charge in [-0.2, -0.15) is 0 Å². The number of aliphatic hydroxyl groups excluding tert-OH is 1. The van der Waals surface area contributed by atoms with Crippen LogP contribution in [0.1, 0.15) is 28.4 Å². The van der Waals surface area contributed by atoms with E-state index in [1.54, 1.807) is 31.2 Å². The molecule has 0 fully saturated rings. The molecule has 164 valence electrons. The number of nitrogens with one attached hydrogen (secondary N) is 2. The molecule has 2 amide bonds. The molecule has 2 aromatic carbocycles. The summed E-state index contributed by atoms with van der Waals surface area (Å²) in [6.07, 6.45) is 1.53. The fourth-order valence-electron chi connectivity index (χ4n) is 2.61. The van der Waals surface area contributed by atoms with Gasteiger partial charge in [0.15, 0.2) is 0 Å². The number of benzene rings is 2. The molecule has 0 aliphatic carbocycles. The van der Waals surface area contributed by atoms with E-state index >= 15 is 0 Å². The summed E-state index contributed by atoms with van der Waals surface area (Å²) >= 11 is 0. The molecular weight excluding hydrogens is 398 g/mol. The van der Waals surface area contributed by atoms with Crippen LogP contribution in [0.15, 0.2) is 54.2 Å². The van der Waals surface area contributed by atoms with Crippen LogP contribution in [0.2, 0.25) is 0 Å². The van der Waals surface area contributed by atoms with Gasteiger partial charge in [0.25, 0.3) is 11.8 Å². The summed E-state index contributed by atoms with van der Waals surface area (Å²) in [6.45, 7) is 1.43. The van der Waals surface area contributed by atoms with E-state index in [1.165, 1.54) is 6.08 Å². The fourth-order valence-corrected chi connectivity index (χ4v) is 2.61. The zero-order valence-corrected chi connectivity index (χ0v) is 17.8. The molecule has 8 nitrogen and oxygen atoms in total. The second kappa shape index (κ2) is 11.5. The summed E-state index contributed by atoms with van der Waals surface area (Å²) in [6, 6.07) is 13.8. The third-order valence-corrected chi connectivity index (χ3v) is 4.31. The van der Waals surface area contributed by atoms with Crippen LogP contribution >= 0.6 is 0 Å². The first kappa shape index (κ1) is 23.6. The van der Waals surface area contributed by atoms with Crippen molar-refractivity contribution in [1.29, 1.82) is 0 Å². The van der Waals surface area contributed by atoms with E-state index in [2.05, 4.69) is 10.6 Å². The van der Waals surface area contributed by atoms with Gasteiger partial charge in [0.2, 0.25) is 0 Å². The fraction of sp³-hybridized carbons (Fsp3) is 0.261. The molecule has 0 saturated carbocycles. The minimum Gasteiger partial charge on any atom is -0.465 e. The van der Waals surface area contributed by atoms with Crippen molar-refractivity contribution in [2.45, 2.75) is 13.5 Å². The van der Waals surface area contributed by atoms with Crippen molar-refractivity contribution in [2.24, 2.45) is 0 Å². The SMILES string of the molecule is CCOC(=O)CNC(=O)/C(=C/c1ccc(N(C)C)cc1)NC(=O)c1ccc(CO)cc1. The molecule has 0 aliphatic heterocycles. The molecule has 8 heteroatoms. The van der Waals surface area contributed by atoms with Crippen LogP contribution < -0.4 is 15.5 Å². The molecule has 2 rings (SSSR count). The van der Waals surface area contributed by atoms with Gasteiger partial charge in [0, 0.05) is 25.3 Å². The Bertz CT molecular complexity index is 935. The average Bonchev–Trinajstić information content (AvgIpc) is 2.77. The predicted octanol–water partition coefficient (Wildman–Crippen LogP) is 1.70. The van der Waals surface area contributed by atoms with Crippen LogP contribution in [0.25, 0.3) is 6.08 Å². The number of carbonyl (C=O) groups is 3. The minimum absolute atomic E-state index is 0.0156. The molecule has 31 heavy (non-hydrogen) atoms. The maximum absolute atomic E-state index is 12.7. The van der Waals surface area contributed by atoms with Crippen molar-refractivity contribution in [3.05, 3.63) is 70.9 Å². The van der Waals surface area contributed by atoms with Gasteiger partial charge in [-0.05, 0) is 48.4 Å². The number of amides is 2. The number of rotatable bonds is 9. The Hall–Kier alpha value is -3.65. The van der Waals surface area contributed by atoms with Crippen molar-refractivity contribution in [3.63, 3.8) is 0 Å². The number of carbonyl (C=O) groups excluding carboxylic acids is 3. The highest BCUT2D eigenvalue weighted by atomic mass is 16.5. The quantitative estimate of drug-likeness (QED) is 0.417. The summed E-state index contributed by atoms with van der Waals surface area (Å²) in [5, 5.41) is 14.2. The van der Waals surface area contributed by atoms with Gasteiger partial charge in [-0.15, -0.1) is 0 Å². The Balaban J connectivity index is 2.24. The highest BCUT2D eigenvalue weighted by Crippen LogP contribution is 2.15. The molecule has 0 atom stereocenters. The van der Waals surface area contributed by atoms with Crippen LogP contribution in [0, 0.1) is 0 Å². The molecule has 0 aliphatic rings. The van der Waals surface area contributed by atoms with Gasteiger partial charge >= 0.3 is 5.97 Å². The Labute approximate surface area is 181 Å². The van der Waals surface area contributed by atoms with Crippen LogP contribution in [0.4, 0.5) is 5.69 Å². The second-order valence-corrected chi connectivity index (χ2v) is 6.84. The number of esters is 1. The zero-order chi connectivity index (χ0) is 22.8. The van der Waals surface area contributed by atoms with Crippen molar-refractivity contribution < 1.29 is 24.2 Å². The van der Waals surface area contributed by atoms with Crippen LogP contribution in [-0.4, -0.2) is 50.1 Å². The van der Waals surface area contributed by atoms with Crippen LogP contribution in [0.5, 0.6) is 0 Å². The van der Waals surface area contributed by atoms with Gasteiger partial charge in [-0.3, -0.25) is 14.4 Å². The maximum atomic E-state index is 12.7. The van der Waals surface area contributed by atoms with Gasteiger partial charge in [0.05, 0.1) is 13.2 Å². The van der Waals surface area contributed by atoms with Crippen molar-refractivity contribution in [2.75, 3.05) is 32.1 Å². The highest BCUT2D eigenvalue weighted by Gasteiger charge is 2.16.